The van der Waals surface area contributed by atoms with Gasteiger partial charge in [0.25, 0.3) is 0 Å². The van der Waals surface area contributed by atoms with Crippen molar-refractivity contribution in [1.82, 2.24) is 4.98 Å². The van der Waals surface area contributed by atoms with Crippen LogP contribution in [0.25, 0.3) is 5.70 Å². The zero-order chi connectivity index (χ0) is 8.97. The van der Waals surface area contributed by atoms with Gasteiger partial charge in [-0.2, -0.15) is 5.26 Å². The molecular formula is C8H6ClN3. The van der Waals surface area contributed by atoms with Crippen molar-refractivity contribution >= 4 is 17.3 Å². The standard InChI is InChI=1S/C8H6ClN3/c9-6-1-2-8(12-5-6)7(11)3-4-10/h1-3,5H,11H2/b7-3-. The Labute approximate surface area is 75.1 Å². The van der Waals surface area contributed by atoms with E-state index in [4.69, 9.17) is 22.6 Å². The summed E-state index contributed by atoms with van der Waals surface area (Å²) in [6.07, 6.45) is 2.71. The third kappa shape index (κ3) is 1.97. The second kappa shape index (κ2) is 3.74. The molecular weight excluding hydrogens is 174 g/mol. The predicted octanol–water partition coefficient (Wildman–Crippen LogP) is 1.56. The summed E-state index contributed by atoms with van der Waals surface area (Å²) in [5.41, 5.74) is 6.39. The van der Waals surface area contributed by atoms with Crippen LogP contribution in [0.4, 0.5) is 0 Å². The number of nitrogens with two attached hydrogens (primary N) is 1. The van der Waals surface area contributed by atoms with Gasteiger partial charge in [0.1, 0.15) is 0 Å². The molecule has 1 heterocycles. The van der Waals surface area contributed by atoms with Crippen molar-refractivity contribution in [3.05, 3.63) is 35.1 Å². The summed E-state index contributed by atoms with van der Waals surface area (Å²) in [5.74, 6) is 0. The Hall–Kier alpha value is -1.53. The second-order valence-corrected chi connectivity index (χ2v) is 2.53. The molecule has 0 aliphatic rings. The Morgan fingerprint density at radius 2 is 2.42 bits per heavy atom. The molecule has 0 radical (unpaired) electrons. The van der Waals surface area contributed by atoms with E-state index in [1.165, 1.54) is 12.3 Å². The van der Waals surface area contributed by atoms with Gasteiger partial charge in [0.15, 0.2) is 0 Å². The average molecular weight is 180 g/mol. The molecule has 0 fully saturated rings. The van der Waals surface area contributed by atoms with Crippen molar-refractivity contribution in [2.24, 2.45) is 5.73 Å². The van der Waals surface area contributed by atoms with Crippen molar-refractivity contribution in [3.8, 4) is 6.07 Å². The van der Waals surface area contributed by atoms with Gasteiger partial charge in [0, 0.05) is 12.3 Å². The molecule has 0 aromatic carbocycles. The first kappa shape index (κ1) is 8.57. The van der Waals surface area contributed by atoms with Gasteiger partial charge in [0.2, 0.25) is 0 Å². The molecule has 0 bridgehead atoms. The minimum atomic E-state index is 0.342. The summed E-state index contributed by atoms with van der Waals surface area (Å²) in [5, 5.41) is 8.84. The van der Waals surface area contributed by atoms with Crippen LogP contribution in [-0.4, -0.2) is 4.98 Å². The van der Waals surface area contributed by atoms with Crippen LogP contribution in [0.5, 0.6) is 0 Å². The highest BCUT2D eigenvalue weighted by atomic mass is 35.5. The van der Waals surface area contributed by atoms with E-state index in [2.05, 4.69) is 4.98 Å². The van der Waals surface area contributed by atoms with E-state index in [1.54, 1.807) is 12.1 Å². The summed E-state index contributed by atoms with van der Waals surface area (Å²) in [4.78, 5) is 3.92. The first-order valence-electron chi connectivity index (χ1n) is 3.21. The Bertz CT molecular complexity index is 334. The van der Waals surface area contributed by atoms with Gasteiger partial charge < -0.3 is 5.73 Å². The third-order valence-electron chi connectivity index (χ3n) is 1.24. The van der Waals surface area contributed by atoms with E-state index in [1.807, 2.05) is 6.07 Å². The number of nitriles is 1. The van der Waals surface area contributed by atoms with Crippen LogP contribution in [-0.2, 0) is 0 Å². The summed E-state index contributed by atoms with van der Waals surface area (Å²) in [6, 6.07) is 5.15. The lowest BCUT2D eigenvalue weighted by Gasteiger charge is -1.97. The van der Waals surface area contributed by atoms with Gasteiger partial charge in [-0.25, -0.2) is 0 Å². The Morgan fingerprint density at radius 3 is 2.92 bits per heavy atom. The lowest BCUT2D eigenvalue weighted by Crippen LogP contribution is -1.97. The summed E-state index contributed by atoms with van der Waals surface area (Å²) in [6.45, 7) is 0. The van der Waals surface area contributed by atoms with Crippen LogP contribution in [0.15, 0.2) is 24.4 Å². The fourth-order valence-electron chi connectivity index (χ4n) is 0.690. The number of halogens is 1. The first-order valence-corrected chi connectivity index (χ1v) is 3.59. The molecule has 12 heavy (non-hydrogen) atoms. The van der Waals surface area contributed by atoms with E-state index < -0.39 is 0 Å². The van der Waals surface area contributed by atoms with Crippen LogP contribution in [0, 0.1) is 11.3 Å². The Kier molecular flexibility index (Phi) is 2.67. The first-order chi connectivity index (χ1) is 5.74. The van der Waals surface area contributed by atoms with E-state index in [-0.39, 0.29) is 0 Å². The largest absolute Gasteiger partial charge is 0.396 e. The predicted molar refractivity (Wildman–Crippen MR) is 47.0 cm³/mol. The number of nitrogens with zero attached hydrogens (tertiary/aromatic N) is 2. The molecule has 0 aliphatic heterocycles. The van der Waals surface area contributed by atoms with Gasteiger partial charge in [-0.05, 0) is 12.1 Å². The summed E-state index contributed by atoms with van der Waals surface area (Å²) in [7, 11) is 0. The highest BCUT2D eigenvalue weighted by Gasteiger charge is 1.96. The van der Waals surface area contributed by atoms with Gasteiger partial charge in [-0.15, -0.1) is 0 Å². The molecule has 0 unspecified atom stereocenters. The van der Waals surface area contributed by atoms with Crippen LogP contribution < -0.4 is 5.73 Å². The SMILES string of the molecule is N#C/C=C(\N)c1ccc(Cl)cn1. The van der Waals surface area contributed by atoms with Gasteiger partial charge in [-0.1, -0.05) is 11.6 Å². The van der Waals surface area contributed by atoms with E-state index in [9.17, 15) is 0 Å². The van der Waals surface area contributed by atoms with Crippen LogP contribution in [0.1, 0.15) is 5.69 Å². The van der Waals surface area contributed by atoms with E-state index in [0.717, 1.165) is 0 Å². The maximum Gasteiger partial charge on any atom is 0.0934 e. The lowest BCUT2D eigenvalue weighted by molar-refractivity contribution is 1.26. The number of rotatable bonds is 1. The molecule has 1 aromatic heterocycles. The quantitative estimate of drug-likeness (QED) is 0.666. The topological polar surface area (TPSA) is 62.7 Å². The smallest absolute Gasteiger partial charge is 0.0934 e. The van der Waals surface area contributed by atoms with Crippen molar-refractivity contribution in [3.63, 3.8) is 0 Å². The second-order valence-electron chi connectivity index (χ2n) is 2.09. The molecule has 4 heteroatoms. The Balaban J connectivity index is 2.99. The van der Waals surface area contributed by atoms with Crippen LogP contribution in [0.3, 0.4) is 0 Å². The molecule has 3 nitrogen and oxygen atoms in total. The van der Waals surface area contributed by atoms with Gasteiger partial charge in [0.05, 0.1) is 22.5 Å². The molecule has 2 N–H and O–H groups in total. The zero-order valence-electron chi connectivity index (χ0n) is 6.16. The highest BCUT2D eigenvalue weighted by Crippen LogP contribution is 2.09. The minimum Gasteiger partial charge on any atom is -0.396 e. The molecule has 60 valence electrons. The molecule has 0 atom stereocenters. The van der Waals surface area contributed by atoms with E-state index in [0.29, 0.717) is 16.4 Å². The monoisotopic (exact) mass is 179 g/mol. The van der Waals surface area contributed by atoms with E-state index >= 15 is 0 Å². The molecule has 0 amide bonds. The molecule has 0 saturated carbocycles. The molecule has 0 aliphatic carbocycles. The third-order valence-corrected chi connectivity index (χ3v) is 1.47. The molecule has 0 saturated heterocycles. The number of hydrogen-bond donors (Lipinski definition) is 1. The number of hydrogen-bond acceptors (Lipinski definition) is 3. The number of aromatic nitrogens is 1. The fraction of sp³-hybridized carbons (Fsp3) is 0. The van der Waals surface area contributed by atoms with Crippen molar-refractivity contribution < 1.29 is 0 Å². The van der Waals surface area contributed by atoms with Crippen molar-refractivity contribution in [2.75, 3.05) is 0 Å². The highest BCUT2D eigenvalue weighted by molar-refractivity contribution is 6.30. The minimum absolute atomic E-state index is 0.342. The Morgan fingerprint density at radius 1 is 1.67 bits per heavy atom. The number of pyridine rings is 1. The van der Waals surface area contributed by atoms with Gasteiger partial charge in [-0.3, -0.25) is 4.98 Å². The normalized spacial score (nSPS) is 10.8. The zero-order valence-corrected chi connectivity index (χ0v) is 6.92. The molecule has 1 rings (SSSR count). The fourth-order valence-corrected chi connectivity index (χ4v) is 0.802. The molecule has 0 spiro atoms. The van der Waals surface area contributed by atoms with Crippen LogP contribution in [0.2, 0.25) is 5.02 Å². The van der Waals surface area contributed by atoms with Crippen molar-refractivity contribution in [1.29, 1.82) is 5.26 Å². The van der Waals surface area contributed by atoms with Crippen LogP contribution >= 0.6 is 11.6 Å². The van der Waals surface area contributed by atoms with Gasteiger partial charge >= 0.3 is 0 Å². The molecule has 1 aromatic rings. The summed E-state index contributed by atoms with van der Waals surface area (Å²) < 4.78 is 0. The average Bonchev–Trinajstić information content (AvgIpc) is 2.06. The summed E-state index contributed by atoms with van der Waals surface area (Å²) >= 11 is 5.61. The maximum absolute atomic E-state index is 8.29. The maximum atomic E-state index is 8.29. The number of allylic oxidation sites excluding steroid dienone is 1. The van der Waals surface area contributed by atoms with Crippen molar-refractivity contribution in [2.45, 2.75) is 0 Å². The lowest BCUT2D eigenvalue weighted by atomic mass is 10.3.